The van der Waals surface area contributed by atoms with Crippen molar-refractivity contribution in [3.63, 3.8) is 0 Å². The summed E-state index contributed by atoms with van der Waals surface area (Å²) in [5.74, 6) is -1.07. The van der Waals surface area contributed by atoms with Gasteiger partial charge in [0, 0.05) is 16.1 Å². The smallest absolute Gasteiger partial charge is 0.337 e. The summed E-state index contributed by atoms with van der Waals surface area (Å²) in [7, 11) is 1.30. The molecule has 0 aliphatic carbocycles. The predicted octanol–water partition coefficient (Wildman–Crippen LogP) is 4.23. The molecule has 0 spiro atoms. The van der Waals surface area contributed by atoms with Crippen molar-refractivity contribution in [2.45, 2.75) is 13.3 Å². The Balaban J connectivity index is 1.74. The zero-order valence-corrected chi connectivity index (χ0v) is 15.6. The molecule has 0 radical (unpaired) electrons. The molecule has 1 heterocycles. The SMILES string of the molecule is COC(=O)c1cccc(NC(=O)Cc2sc(-c3ccccc3F)nc2C)c1. The number of halogens is 1. The average Bonchev–Trinajstić information content (AvgIpc) is 3.01. The fourth-order valence-corrected chi connectivity index (χ4v) is 3.62. The summed E-state index contributed by atoms with van der Waals surface area (Å²) < 4.78 is 18.6. The Kier molecular flexibility index (Phi) is 5.61. The summed E-state index contributed by atoms with van der Waals surface area (Å²) in [5.41, 5.74) is 1.96. The first-order valence-corrected chi connectivity index (χ1v) is 8.99. The molecule has 0 aliphatic heterocycles. The lowest BCUT2D eigenvalue weighted by atomic mass is 10.2. The van der Waals surface area contributed by atoms with Gasteiger partial charge >= 0.3 is 5.97 Å². The first-order valence-electron chi connectivity index (χ1n) is 8.17. The van der Waals surface area contributed by atoms with E-state index in [1.807, 2.05) is 0 Å². The van der Waals surface area contributed by atoms with Crippen LogP contribution in [0.1, 0.15) is 20.9 Å². The lowest BCUT2D eigenvalue weighted by Crippen LogP contribution is -2.14. The summed E-state index contributed by atoms with van der Waals surface area (Å²) in [6.45, 7) is 1.79. The molecule has 0 aliphatic rings. The van der Waals surface area contributed by atoms with Crippen LogP contribution in [-0.4, -0.2) is 24.0 Å². The van der Waals surface area contributed by atoms with Gasteiger partial charge in [0.2, 0.25) is 5.91 Å². The molecule has 0 unspecified atom stereocenters. The lowest BCUT2D eigenvalue weighted by molar-refractivity contribution is -0.115. The van der Waals surface area contributed by atoms with Gasteiger partial charge in [-0.15, -0.1) is 11.3 Å². The number of carbonyl (C=O) groups is 2. The number of carbonyl (C=O) groups excluding carboxylic acids is 2. The van der Waals surface area contributed by atoms with Crippen LogP contribution >= 0.6 is 11.3 Å². The molecule has 0 saturated heterocycles. The van der Waals surface area contributed by atoms with Crippen LogP contribution in [0, 0.1) is 12.7 Å². The summed E-state index contributed by atoms with van der Waals surface area (Å²) >= 11 is 1.29. The molecule has 0 atom stereocenters. The van der Waals surface area contributed by atoms with E-state index in [-0.39, 0.29) is 18.1 Å². The number of ether oxygens (including phenoxy) is 1. The number of anilines is 1. The highest BCUT2D eigenvalue weighted by molar-refractivity contribution is 7.15. The number of rotatable bonds is 5. The van der Waals surface area contributed by atoms with E-state index in [9.17, 15) is 14.0 Å². The molecule has 5 nitrogen and oxygen atoms in total. The van der Waals surface area contributed by atoms with Crippen molar-refractivity contribution >= 4 is 28.9 Å². The maximum atomic E-state index is 13.9. The predicted molar refractivity (Wildman–Crippen MR) is 102 cm³/mol. The molecule has 1 aromatic heterocycles. The van der Waals surface area contributed by atoms with Gasteiger partial charge < -0.3 is 10.1 Å². The van der Waals surface area contributed by atoms with Crippen LogP contribution < -0.4 is 5.32 Å². The zero-order chi connectivity index (χ0) is 19.4. The molecule has 138 valence electrons. The molecule has 1 N–H and O–H groups in total. The van der Waals surface area contributed by atoms with Crippen molar-refractivity contribution in [1.29, 1.82) is 0 Å². The van der Waals surface area contributed by atoms with Crippen LogP contribution in [0.4, 0.5) is 10.1 Å². The van der Waals surface area contributed by atoms with Crippen molar-refractivity contribution in [2.75, 3.05) is 12.4 Å². The van der Waals surface area contributed by atoms with E-state index >= 15 is 0 Å². The van der Waals surface area contributed by atoms with Gasteiger partial charge in [0.1, 0.15) is 10.8 Å². The topological polar surface area (TPSA) is 68.3 Å². The average molecular weight is 384 g/mol. The third kappa shape index (κ3) is 4.38. The van der Waals surface area contributed by atoms with Crippen LogP contribution in [0.2, 0.25) is 0 Å². The fourth-order valence-electron chi connectivity index (χ4n) is 2.53. The third-order valence-corrected chi connectivity index (χ3v) is 5.08. The number of nitrogens with one attached hydrogen (secondary N) is 1. The van der Waals surface area contributed by atoms with Crippen LogP contribution in [0.25, 0.3) is 10.6 Å². The van der Waals surface area contributed by atoms with Crippen LogP contribution in [0.15, 0.2) is 48.5 Å². The largest absolute Gasteiger partial charge is 0.465 e. The van der Waals surface area contributed by atoms with Gasteiger partial charge in [0.05, 0.1) is 24.8 Å². The van der Waals surface area contributed by atoms with Gasteiger partial charge in [-0.1, -0.05) is 18.2 Å². The quantitative estimate of drug-likeness (QED) is 0.669. The van der Waals surface area contributed by atoms with Crippen molar-refractivity contribution in [2.24, 2.45) is 0 Å². The number of nitrogens with zero attached hydrogens (tertiary/aromatic N) is 1. The molecule has 7 heteroatoms. The Morgan fingerprint density at radius 3 is 2.70 bits per heavy atom. The fraction of sp³-hybridized carbons (Fsp3) is 0.150. The number of hydrogen-bond acceptors (Lipinski definition) is 5. The minimum Gasteiger partial charge on any atom is -0.465 e. The second-order valence-corrected chi connectivity index (χ2v) is 6.89. The highest BCUT2D eigenvalue weighted by Gasteiger charge is 2.15. The molecule has 27 heavy (non-hydrogen) atoms. The standard InChI is InChI=1S/C20H17FN2O3S/c1-12-17(27-19(22-12)15-8-3-4-9-16(15)21)11-18(24)23-14-7-5-6-13(10-14)20(25)26-2/h3-10H,11H2,1-2H3,(H,23,24). The summed E-state index contributed by atoms with van der Waals surface area (Å²) in [6.07, 6.45) is 0.112. The highest BCUT2D eigenvalue weighted by atomic mass is 32.1. The lowest BCUT2D eigenvalue weighted by Gasteiger charge is -2.06. The number of methoxy groups -OCH3 is 1. The number of aryl methyl sites for hydroxylation is 1. The minimum absolute atomic E-state index is 0.112. The van der Waals surface area contributed by atoms with E-state index in [4.69, 9.17) is 0 Å². The number of amides is 1. The Morgan fingerprint density at radius 1 is 1.19 bits per heavy atom. The van der Waals surface area contributed by atoms with Crippen molar-refractivity contribution in [3.8, 4) is 10.6 Å². The Labute approximate surface area is 159 Å². The minimum atomic E-state index is -0.473. The van der Waals surface area contributed by atoms with Crippen molar-refractivity contribution in [3.05, 3.63) is 70.5 Å². The van der Waals surface area contributed by atoms with E-state index in [0.717, 1.165) is 4.88 Å². The molecule has 0 bridgehead atoms. The monoisotopic (exact) mass is 384 g/mol. The number of thiazole rings is 1. The van der Waals surface area contributed by atoms with E-state index in [0.29, 0.717) is 27.5 Å². The van der Waals surface area contributed by atoms with E-state index in [1.165, 1.54) is 24.5 Å². The highest BCUT2D eigenvalue weighted by Crippen LogP contribution is 2.30. The number of benzene rings is 2. The Bertz CT molecular complexity index is 1000. The third-order valence-electron chi connectivity index (χ3n) is 3.89. The van der Waals surface area contributed by atoms with Gasteiger partial charge in [-0.25, -0.2) is 14.2 Å². The zero-order valence-electron chi connectivity index (χ0n) is 14.8. The number of hydrogen-bond donors (Lipinski definition) is 1. The first kappa shape index (κ1) is 18.7. The molecule has 0 fully saturated rings. The van der Waals surface area contributed by atoms with Gasteiger partial charge in [-0.05, 0) is 37.3 Å². The van der Waals surface area contributed by atoms with Gasteiger partial charge in [0.15, 0.2) is 0 Å². The summed E-state index contributed by atoms with van der Waals surface area (Å²) in [6, 6.07) is 12.9. The van der Waals surface area contributed by atoms with Crippen molar-refractivity contribution < 1.29 is 18.7 Å². The molecule has 0 saturated carbocycles. The first-order chi connectivity index (χ1) is 13.0. The summed E-state index contributed by atoms with van der Waals surface area (Å²) in [5, 5.41) is 3.30. The maximum Gasteiger partial charge on any atom is 0.337 e. The molecular weight excluding hydrogens is 367 g/mol. The van der Waals surface area contributed by atoms with Crippen LogP contribution in [0.3, 0.4) is 0 Å². The van der Waals surface area contributed by atoms with Crippen LogP contribution in [-0.2, 0) is 16.0 Å². The van der Waals surface area contributed by atoms with E-state index in [1.54, 1.807) is 49.4 Å². The Hall–Kier alpha value is -3.06. The maximum absolute atomic E-state index is 13.9. The van der Waals surface area contributed by atoms with Gasteiger partial charge in [-0.3, -0.25) is 4.79 Å². The normalized spacial score (nSPS) is 10.5. The molecule has 3 rings (SSSR count). The summed E-state index contributed by atoms with van der Waals surface area (Å²) in [4.78, 5) is 29.1. The van der Waals surface area contributed by atoms with Gasteiger partial charge in [0.25, 0.3) is 0 Å². The van der Waals surface area contributed by atoms with E-state index in [2.05, 4.69) is 15.0 Å². The molecule has 1 amide bonds. The number of aromatic nitrogens is 1. The second-order valence-electron chi connectivity index (χ2n) is 5.80. The Morgan fingerprint density at radius 2 is 1.96 bits per heavy atom. The van der Waals surface area contributed by atoms with Crippen molar-refractivity contribution in [1.82, 2.24) is 4.98 Å². The molecule has 2 aromatic carbocycles. The van der Waals surface area contributed by atoms with Gasteiger partial charge in [-0.2, -0.15) is 0 Å². The second kappa shape index (κ2) is 8.09. The van der Waals surface area contributed by atoms with Crippen LogP contribution in [0.5, 0.6) is 0 Å². The molecular formula is C20H17FN2O3S. The van der Waals surface area contributed by atoms with E-state index < -0.39 is 5.97 Å². The molecule has 3 aromatic rings. The number of esters is 1.